The highest BCUT2D eigenvalue weighted by molar-refractivity contribution is 5.29. The summed E-state index contributed by atoms with van der Waals surface area (Å²) < 4.78 is 5.27. The lowest BCUT2D eigenvalue weighted by Gasteiger charge is -2.18. The molecule has 114 valence electrons. The minimum Gasteiger partial charge on any atom is -0.479 e. The highest BCUT2D eigenvalue weighted by Gasteiger charge is 2.21. The fraction of sp³-hybridized carbons (Fsp3) is 0.588. The molecule has 0 radical (unpaired) electrons. The molecular formula is C17H25N3O. The molecule has 0 spiro atoms. The molecule has 0 bridgehead atoms. The van der Waals surface area contributed by atoms with Crippen molar-refractivity contribution in [1.82, 2.24) is 10.2 Å². The topological polar surface area (TPSA) is 48.3 Å². The Labute approximate surface area is 127 Å². The predicted octanol–water partition coefficient (Wildman–Crippen LogP) is 2.58. The summed E-state index contributed by atoms with van der Waals surface area (Å²) >= 11 is 0. The van der Waals surface area contributed by atoms with Crippen LogP contribution in [0.2, 0.25) is 0 Å². The van der Waals surface area contributed by atoms with E-state index in [4.69, 9.17) is 10.00 Å². The van der Waals surface area contributed by atoms with Crippen molar-refractivity contribution in [3.8, 4) is 11.8 Å². The Morgan fingerprint density at radius 3 is 2.81 bits per heavy atom. The molecule has 1 N–H and O–H groups in total. The van der Waals surface area contributed by atoms with Gasteiger partial charge in [-0.2, -0.15) is 5.26 Å². The molecule has 0 saturated carbocycles. The summed E-state index contributed by atoms with van der Waals surface area (Å²) in [5, 5.41) is 12.1. The van der Waals surface area contributed by atoms with Crippen molar-refractivity contribution >= 4 is 0 Å². The van der Waals surface area contributed by atoms with Gasteiger partial charge in [-0.15, -0.1) is 0 Å². The highest BCUT2D eigenvalue weighted by atomic mass is 16.5. The SMILES string of the molecule is CCN1CCC(CNC(C)c2ccc(OCC#N)cc2)C1. The van der Waals surface area contributed by atoms with Gasteiger partial charge in [-0.1, -0.05) is 19.1 Å². The first-order chi connectivity index (χ1) is 10.2. The molecule has 1 saturated heterocycles. The molecule has 2 atom stereocenters. The fourth-order valence-corrected chi connectivity index (χ4v) is 2.80. The zero-order chi connectivity index (χ0) is 15.1. The summed E-state index contributed by atoms with van der Waals surface area (Å²) in [4.78, 5) is 2.51. The minimum absolute atomic E-state index is 0.1000. The van der Waals surface area contributed by atoms with E-state index in [0.717, 1.165) is 24.8 Å². The predicted molar refractivity (Wildman–Crippen MR) is 84.2 cm³/mol. The van der Waals surface area contributed by atoms with Gasteiger partial charge in [0.1, 0.15) is 11.8 Å². The first kappa shape index (κ1) is 15.8. The number of nitrogens with zero attached hydrogens (tertiary/aromatic N) is 2. The summed E-state index contributed by atoms with van der Waals surface area (Å²) in [6.45, 7) is 9.22. The summed E-state index contributed by atoms with van der Waals surface area (Å²) in [6.07, 6.45) is 1.30. The van der Waals surface area contributed by atoms with Gasteiger partial charge in [-0.3, -0.25) is 0 Å². The van der Waals surface area contributed by atoms with Crippen LogP contribution >= 0.6 is 0 Å². The van der Waals surface area contributed by atoms with Gasteiger partial charge in [0.2, 0.25) is 0 Å². The van der Waals surface area contributed by atoms with Crippen LogP contribution in [-0.4, -0.2) is 37.7 Å². The van der Waals surface area contributed by atoms with Crippen LogP contribution < -0.4 is 10.1 Å². The van der Waals surface area contributed by atoms with Gasteiger partial charge in [0.05, 0.1) is 0 Å². The van der Waals surface area contributed by atoms with E-state index in [2.05, 4.69) is 36.2 Å². The number of hydrogen-bond donors (Lipinski definition) is 1. The first-order valence-electron chi connectivity index (χ1n) is 7.78. The average molecular weight is 287 g/mol. The third kappa shape index (κ3) is 4.73. The normalized spacial score (nSPS) is 20.1. The van der Waals surface area contributed by atoms with Crippen LogP contribution in [0.5, 0.6) is 5.75 Å². The van der Waals surface area contributed by atoms with E-state index in [1.165, 1.54) is 25.1 Å². The van der Waals surface area contributed by atoms with Crippen molar-refractivity contribution in [2.24, 2.45) is 5.92 Å². The van der Waals surface area contributed by atoms with E-state index in [-0.39, 0.29) is 6.61 Å². The second-order valence-electron chi connectivity index (χ2n) is 5.69. The van der Waals surface area contributed by atoms with Crippen molar-refractivity contribution in [1.29, 1.82) is 5.26 Å². The summed E-state index contributed by atoms with van der Waals surface area (Å²) in [5.74, 6) is 1.52. The highest BCUT2D eigenvalue weighted by Crippen LogP contribution is 2.19. The number of ether oxygens (including phenoxy) is 1. The first-order valence-corrected chi connectivity index (χ1v) is 7.78. The van der Waals surface area contributed by atoms with E-state index in [1.807, 2.05) is 18.2 Å². The quantitative estimate of drug-likeness (QED) is 0.837. The number of rotatable bonds is 7. The van der Waals surface area contributed by atoms with E-state index >= 15 is 0 Å². The molecule has 0 aromatic heterocycles. The van der Waals surface area contributed by atoms with E-state index < -0.39 is 0 Å². The van der Waals surface area contributed by atoms with Crippen LogP contribution in [0.4, 0.5) is 0 Å². The van der Waals surface area contributed by atoms with Gasteiger partial charge >= 0.3 is 0 Å². The third-order valence-electron chi connectivity index (χ3n) is 4.21. The molecule has 0 aliphatic carbocycles. The molecule has 1 fully saturated rings. The summed E-state index contributed by atoms with van der Waals surface area (Å²) in [5.41, 5.74) is 1.25. The van der Waals surface area contributed by atoms with Crippen LogP contribution in [0.3, 0.4) is 0 Å². The monoisotopic (exact) mass is 287 g/mol. The maximum absolute atomic E-state index is 8.49. The lowest BCUT2D eigenvalue weighted by atomic mass is 10.1. The minimum atomic E-state index is 0.1000. The second kappa shape index (κ2) is 8.02. The zero-order valence-corrected chi connectivity index (χ0v) is 13.0. The van der Waals surface area contributed by atoms with Gasteiger partial charge in [0.25, 0.3) is 0 Å². The maximum Gasteiger partial charge on any atom is 0.174 e. The van der Waals surface area contributed by atoms with Gasteiger partial charge in [-0.25, -0.2) is 0 Å². The zero-order valence-electron chi connectivity index (χ0n) is 13.0. The Balaban J connectivity index is 1.78. The number of likely N-dealkylation sites (tertiary alicyclic amines) is 1. The number of nitrogens with one attached hydrogen (secondary N) is 1. The van der Waals surface area contributed by atoms with Crippen molar-refractivity contribution in [2.45, 2.75) is 26.3 Å². The van der Waals surface area contributed by atoms with Crippen molar-refractivity contribution in [3.05, 3.63) is 29.8 Å². The van der Waals surface area contributed by atoms with Gasteiger partial charge in [0, 0.05) is 12.6 Å². The fourth-order valence-electron chi connectivity index (χ4n) is 2.80. The van der Waals surface area contributed by atoms with Gasteiger partial charge < -0.3 is 15.0 Å². The maximum atomic E-state index is 8.49. The molecule has 2 rings (SSSR count). The molecule has 4 nitrogen and oxygen atoms in total. The summed E-state index contributed by atoms with van der Waals surface area (Å²) in [7, 11) is 0. The molecule has 1 aliphatic rings. The van der Waals surface area contributed by atoms with E-state index in [9.17, 15) is 0 Å². The van der Waals surface area contributed by atoms with Gasteiger partial charge in [-0.05, 0) is 56.6 Å². The molecular weight excluding hydrogens is 262 g/mol. The van der Waals surface area contributed by atoms with Crippen LogP contribution in [0.15, 0.2) is 24.3 Å². The van der Waals surface area contributed by atoms with Crippen LogP contribution in [0.25, 0.3) is 0 Å². The molecule has 1 aromatic rings. The molecule has 1 aromatic carbocycles. The molecule has 4 heteroatoms. The Hall–Kier alpha value is -1.57. The van der Waals surface area contributed by atoms with E-state index in [0.29, 0.717) is 6.04 Å². The molecule has 0 amide bonds. The third-order valence-corrected chi connectivity index (χ3v) is 4.21. The van der Waals surface area contributed by atoms with Crippen molar-refractivity contribution in [3.63, 3.8) is 0 Å². The number of hydrogen-bond acceptors (Lipinski definition) is 4. The molecule has 1 heterocycles. The van der Waals surface area contributed by atoms with Crippen molar-refractivity contribution < 1.29 is 4.74 Å². The lowest BCUT2D eigenvalue weighted by molar-refractivity contribution is 0.336. The standard InChI is InChI=1S/C17H25N3O/c1-3-20-10-8-15(13-20)12-19-14(2)16-4-6-17(7-5-16)21-11-9-18/h4-7,14-15,19H,3,8,10-13H2,1-2H3. The van der Waals surface area contributed by atoms with Gasteiger partial charge in [0.15, 0.2) is 6.61 Å². The second-order valence-corrected chi connectivity index (χ2v) is 5.69. The van der Waals surface area contributed by atoms with Crippen LogP contribution in [0.1, 0.15) is 31.9 Å². The van der Waals surface area contributed by atoms with Crippen molar-refractivity contribution in [2.75, 3.05) is 32.8 Å². The Kier molecular flexibility index (Phi) is 6.04. The summed E-state index contributed by atoms with van der Waals surface area (Å²) in [6, 6.07) is 10.3. The van der Waals surface area contributed by atoms with E-state index in [1.54, 1.807) is 0 Å². The Morgan fingerprint density at radius 1 is 1.43 bits per heavy atom. The lowest BCUT2D eigenvalue weighted by Crippen LogP contribution is -2.28. The smallest absolute Gasteiger partial charge is 0.174 e. The largest absolute Gasteiger partial charge is 0.479 e. The molecule has 1 aliphatic heterocycles. The average Bonchev–Trinajstić information content (AvgIpc) is 2.99. The molecule has 21 heavy (non-hydrogen) atoms. The van der Waals surface area contributed by atoms with Crippen LogP contribution in [-0.2, 0) is 0 Å². The Morgan fingerprint density at radius 2 is 2.19 bits per heavy atom. The van der Waals surface area contributed by atoms with Crippen LogP contribution in [0, 0.1) is 17.2 Å². The Bertz CT molecular complexity index is 466. The number of benzene rings is 1. The number of nitriles is 1. The molecule has 2 unspecified atom stereocenters.